The van der Waals surface area contributed by atoms with Crippen molar-refractivity contribution in [2.24, 2.45) is 34.1 Å². The van der Waals surface area contributed by atoms with E-state index in [1.807, 2.05) is 0 Å². The summed E-state index contributed by atoms with van der Waals surface area (Å²) < 4.78 is 6.61. The molecule has 4 rings (SSSR count). The molecule has 3 nitrogen and oxygen atoms in total. The van der Waals surface area contributed by atoms with Crippen LogP contribution in [0, 0.1) is 29.1 Å². The van der Waals surface area contributed by atoms with Crippen molar-refractivity contribution in [2.75, 3.05) is 0 Å². The Morgan fingerprint density at radius 2 is 1.69 bits per heavy atom. The molecule has 0 aromatic rings. The smallest absolute Gasteiger partial charge is 0.192 e. The number of ether oxygens (including phenoxy) is 1. The predicted octanol–water partition coefficient (Wildman–Crippen LogP) is 6.05. The summed E-state index contributed by atoms with van der Waals surface area (Å²) in [5.74, 6) is 2.13. The van der Waals surface area contributed by atoms with Crippen LogP contribution >= 0.6 is 0 Å². The molecule has 3 fully saturated rings. The number of rotatable bonds is 2. The van der Waals surface area contributed by atoms with Gasteiger partial charge in [0.25, 0.3) is 0 Å². The number of fused-ring (bicyclic) bond motifs is 3. The molecule has 4 atom stereocenters. The summed E-state index contributed by atoms with van der Waals surface area (Å²) >= 11 is 0. The second-order valence-electron chi connectivity index (χ2n) is 10.3. The molecular formula is C23H37NO2. The molecular weight excluding hydrogens is 322 g/mol. The number of aliphatic hydroxyl groups excluding tert-OH is 1. The fourth-order valence-electron chi connectivity index (χ4n) is 6.47. The lowest BCUT2D eigenvalue weighted by atomic mass is 9.61. The molecule has 1 N–H and O–H groups in total. The number of allylic oxidation sites excluding steroid dienone is 1. The Labute approximate surface area is 159 Å². The minimum atomic E-state index is -0.111. The van der Waals surface area contributed by atoms with Crippen LogP contribution in [-0.4, -0.2) is 22.7 Å². The molecule has 1 saturated heterocycles. The Bertz CT molecular complexity index is 597. The largest absolute Gasteiger partial charge is 0.496 e. The highest BCUT2D eigenvalue weighted by molar-refractivity contribution is 5.80. The minimum absolute atomic E-state index is 0.0102. The first-order valence-corrected chi connectivity index (χ1v) is 11.0. The molecule has 2 aliphatic heterocycles. The molecule has 3 unspecified atom stereocenters. The number of aliphatic imine (C=N–C) groups is 1. The first-order chi connectivity index (χ1) is 12.3. The lowest BCUT2D eigenvalue weighted by Gasteiger charge is -2.53. The lowest BCUT2D eigenvalue weighted by molar-refractivity contribution is -0.176. The maximum absolute atomic E-state index is 11.0. The van der Waals surface area contributed by atoms with Crippen LogP contribution in [0.1, 0.15) is 85.5 Å². The van der Waals surface area contributed by atoms with Gasteiger partial charge in [0.05, 0.1) is 17.6 Å². The van der Waals surface area contributed by atoms with Gasteiger partial charge in [-0.25, -0.2) is 4.99 Å². The van der Waals surface area contributed by atoms with Crippen molar-refractivity contribution in [2.45, 2.75) is 97.2 Å². The standard InChI is InChI=1S/C23H37NO2/c1-22(2,15-10-6-5-7-11-15)19-14-18-20(21(25)24-19)16-12-8-9-13-17(16)23(3,4)26-18/h14-18,20H,5-13H2,1-4H3,(H,24,25)/t16-,17?,18?,20?/m0/s1. The van der Waals surface area contributed by atoms with Gasteiger partial charge < -0.3 is 9.84 Å². The Morgan fingerprint density at radius 1 is 1.04 bits per heavy atom. The Kier molecular flexibility index (Phi) is 4.74. The summed E-state index contributed by atoms with van der Waals surface area (Å²) in [7, 11) is 0. The third kappa shape index (κ3) is 3.04. The van der Waals surface area contributed by atoms with Gasteiger partial charge in [-0.3, -0.25) is 0 Å². The summed E-state index contributed by atoms with van der Waals surface area (Å²) in [5.41, 5.74) is 0.963. The molecule has 26 heavy (non-hydrogen) atoms. The maximum atomic E-state index is 11.0. The van der Waals surface area contributed by atoms with Crippen LogP contribution in [-0.2, 0) is 4.74 Å². The van der Waals surface area contributed by atoms with E-state index in [2.05, 4.69) is 33.8 Å². The summed E-state index contributed by atoms with van der Waals surface area (Å²) in [5, 5.41) is 11.0. The zero-order chi connectivity index (χ0) is 18.5. The average Bonchev–Trinajstić information content (AvgIpc) is 2.61. The van der Waals surface area contributed by atoms with Crippen molar-refractivity contribution in [1.82, 2.24) is 0 Å². The quantitative estimate of drug-likeness (QED) is 0.652. The van der Waals surface area contributed by atoms with E-state index < -0.39 is 0 Å². The first-order valence-electron chi connectivity index (χ1n) is 11.0. The third-order valence-electron chi connectivity index (χ3n) is 8.11. The highest BCUT2D eigenvalue weighted by Crippen LogP contribution is 2.52. The fraction of sp³-hybridized carbons (Fsp3) is 0.870. The van der Waals surface area contributed by atoms with Crippen LogP contribution in [0.3, 0.4) is 0 Å². The van der Waals surface area contributed by atoms with Gasteiger partial charge in [0.2, 0.25) is 0 Å². The van der Waals surface area contributed by atoms with E-state index in [0.29, 0.717) is 23.7 Å². The van der Waals surface area contributed by atoms with Gasteiger partial charge in [0.1, 0.15) is 0 Å². The van der Waals surface area contributed by atoms with Crippen molar-refractivity contribution in [3.8, 4) is 0 Å². The number of hydrogen-bond donors (Lipinski definition) is 1. The van der Waals surface area contributed by atoms with E-state index >= 15 is 0 Å². The van der Waals surface area contributed by atoms with Gasteiger partial charge in [-0.2, -0.15) is 0 Å². The van der Waals surface area contributed by atoms with Gasteiger partial charge in [0, 0.05) is 11.1 Å². The Hall–Kier alpha value is -0.830. The van der Waals surface area contributed by atoms with Gasteiger partial charge >= 0.3 is 0 Å². The van der Waals surface area contributed by atoms with Crippen LogP contribution in [0.4, 0.5) is 0 Å². The van der Waals surface area contributed by atoms with Gasteiger partial charge in [0.15, 0.2) is 5.90 Å². The minimum Gasteiger partial charge on any atom is -0.496 e. The number of aliphatic hydroxyl groups is 1. The van der Waals surface area contributed by atoms with Crippen LogP contribution < -0.4 is 0 Å². The molecule has 0 aromatic heterocycles. The molecule has 0 spiro atoms. The summed E-state index contributed by atoms with van der Waals surface area (Å²) in [6, 6.07) is 0. The van der Waals surface area contributed by atoms with Gasteiger partial charge in [-0.05, 0) is 63.4 Å². The number of hydrogen-bond acceptors (Lipinski definition) is 2. The third-order valence-corrected chi connectivity index (χ3v) is 8.11. The number of nitrogens with zero attached hydrogens (tertiary/aromatic N) is 1. The van der Waals surface area contributed by atoms with Crippen LogP contribution in [0.25, 0.3) is 0 Å². The van der Waals surface area contributed by atoms with Crippen molar-refractivity contribution >= 4 is 5.90 Å². The van der Waals surface area contributed by atoms with Crippen molar-refractivity contribution in [3.05, 3.63) is 11.8 Å². The van der Waals surface area contributed by atoms with E-state index in [1.54, 1.807) is 0 Å². The van der Waals surface area contributed by atoms with Crippen LogP contribution in [0.15, 0.2) is 16.8 Å². The predicted molar refractivity (Wildman–Crippen MR) is 106 cm³/mol. The second-order valence-corrected chi connectivity index (χ2v) is 10.3. The average molecular weight is 360 g/mol. The summed E-state index contributed by atoms with van der Waals surface area (Å²) in [4.78, 5) is 4.81. The molecule has 2 aliphatic carbocycles. The van der Waals surface area contributed by atoms with Crippen molar-refractivity contribution in [1.29, 1.82) is 0 Å². The normalized spacial score (nSPS) is 38.0. The molecule has 146 valence electrons. The Balaban J connectivity index is 1.64. The van der Waals surface area contributed by atoms with Crippen LogP contribution in [0.5, 0.6) is 0 Å². The maximum Gasteiger partial charge on any atom is 0.192 e. The molecule has 0 radical (unpaired) electrons. The molecule has 0 aromatic carbocycles. The summed E-state index contributed by atoms with van der Waals surface area (Å²) in [6.07, 6.45) is 13.9. The molecule has 3 heteroatoms. The molecule has 2 heterocycles. The van der Waals surface area contributed by atoms with E-state index in [0.717, 1.165) is 5.70 Å². The SMILES string of the molecule is CC1(C)OC2C=C(C(C)(C)C3CCCCC3)N=C(O)C2[C@H]2CCCCC21. The molecule has 4 aliphatic rings. The Morgan fingerprint density at radius 3 is 2.42 bits per heavy atom. The monoisotopic (exact) mass is 359 g/mol. The topological polar surface area (TPSA) is 41.8 Å². The molecule has 0 amide bonds. The molecule has 0 bridgehead atoms. The zero-order valence-electron chi connectivity index (χ0n) is 17.1. The van der Waals surface area contributed by atoms with E-state index in [-0.39, 0.29) is 23.0 Å². The summed E-state index contributed by atoms with van der Waals surface area (Å²) in [6.45, 7) is 9.16. The zero-order valence-corrected chi connectivity index (χ0v) is 17.1. The highest BCUT2D eigenvalue weighted by Gasteiger charge is 2.53. The van der Waals surface area contributed by atoms with Crippen LogP contribution in [0.2, 0.25) is 0 Å². The first kappa shape index (κ1) is 18.5. The van der Waals surface area contributed by atoms with E-state index in [4.69, 9.17) is 9.73 Å². The second kappa shape index (κ2) is 6.65. The highest BCUT2D eigenvalue weighted by atomic mass is 16.5. The van der Waals surface area contributed by atoms with Crippen molar-refractivity contribution < 1.29 is 9.84 Å². The fourth-order valence-corrected chi connectivity index (χ4v) is 6.47. The van der Waals surface area contributed by atoms with Gasteiger partial charge in [-0.15, -0.1) is 0 Å². The van der Waals surface area contributed by atoms with Crippen molar-refractivity contribution in [3.63, 3.8) is 0 Å². The lowest BCUT2D eigenvalue weighted by Crippen LogP contribution is -2.56. The van der Waals surface area contributed by atoms with E-state index in [1.165, 1.54) is 57.8 Å². The van der Waals surface area contributed by atoms with Gasteiger partial charge in [-0.1, -0.05) is 46.0 Å². The molecule has 2 saturated carbocycles. The van der Waals surface area contributed by atoms with E-state index in [9.17, 15) is 5.11 Å².